The lowest BCUT2D eigenvalue weighted by molar-refractivity contribution is -0.146. The molecule has 35 heavy (non-hydrogen) atoms. The van der Waals surface area contributed by atoms with Gasteiger partial charge in [-0.1, -0.05) is 36.4 Å². The Bertz CT molecular complexity index is 1370. The van der Waals surface area contributed by atoms with E-state index in [0.29, 0.717) is 18.0 Å². The van der Waals surface area contributed by atoms with E-state index < -0.39 is 0 Å². The predicted molar refractivity (Wildman–Crippen MR) is 137 cm³/mol. The van der Waals surface area contributed by atoms with Crippen LogP contribution in [-0.4, -0.2) is 34.6 Å². The Labute approximate surface area is 205 Å². The number of hydrogen-bond acceptors (Lipinski definition) is 4. The Kier molecular flexibility index (Phi) is 6.53. The number of amides is 1. The molecule has 0 radical (unpaired) electrons. The Morgan fingerprint density at radius 2 is 1.77 bits per heavy atom. The molecule has 0 aliphatic heterocycles. The first kappa shape index (κ1) is 23.1. The molecule has 1 atom stereocenters. The molecule has 1 aliphatic rings. The topological polar surface area (TPSA) is 73.2 Å². The average Bonchev–Trinajstić information content (AvgIpc) is 3.31. The number of para-hydroxylation sites is 2. The van der Waals surface area contributed by atoms with Crippen molar-refractivity contribution in [1.29, 1.82) is 0 Å². The highest BCUT2D eigenvalue weighted by Crippen LogP contribution is 2.32. The van der Waals surface area contributed by atoms with Crippen molar-refractivity contribution in [3.63, 3.8) is 0 Å². The van der Waals surface area contributed by atoms with Gasteiger partial charge in [-0.15, -0.1) is 0 Å². The number of nitrogens with zero attached hydrogens (tertiary/aromatic N) is 2. The summed E-state index contributed by atoms with van der Waals surface area (Å²) in [4.78, 5) is 30.0. The van der Waals surface area contributed by atoms with Crippen LogP contribution in [0.25, 0.3) is 21.8 Å². The van der Waals surface area contributed by atoms with E-state index in [4.69, 9.17) is 9.72 Å². The van der Waals surface area contributed by atoms with Gasteiger partial charge in [0.15, 0.2) is 0 Å². The van der Waals surface area contributed by atoms with Crippen LogP contribution in [0.5, 0.6) is 0 Å². The molecule has 6 nitrogen and oxygen atoms in total. The van der Waals surface area contributed by atoms with Crippen molar-refractivity contribution in [2.45, 2.75) is 45.2 Å². The minimum Gasteiger partial charge on any atom is -0.469 e. The van der Waals surface area contributed by atoms with Gasteiger partial charge in [0.2, 0.25) is 0 Å². The van der Waals surface area contributed by atoms with Crippen molar-refractivity contribution in [3.05, 3.63) is 78.1 Å². The van der Waals surface area contributed by atoms with Gasteiger partial charge >= 0.3 is 5.97 Å². The largest absolute Gasteiger partial charge is 0.469 e. The Morgan fingerprint density at radius 1 is 1.00 bits per heavy atom. The van der Waals surface area contributed by atoms with Crippen LogP contribution in [0.15, 0.2) is 66.9 Å². The van der Waals surface area contributed by atoms with Crippen molar-refractivity contribution in [2.24, 2.45) is 11.8 Å². The second-order valence-electron chi connectivity index (χ2n) is 9.58. The molecule has 2 aromatic carbocycles. The lowest BCUT2D eigenvalue weighted by Crippen LogP contribution is -2.40. The van der Waals surface area contributed by atoms with E-state index in [9.17, 15) is 9.59 Å². The van der Waals surface area contributed by atoms with Crippen molar-refractivity contribution in [1.82, 2.24) is 14.9 Å². The quantitative estimate of drug-likeness (QED) is 0.387. The maximum absolute atomic E-state index is 13.4. The highest BCUT2D eigenvalue weighted by atomic mass is 16.5. The summed E-state index contributed by atoms with van der Waals surface area (Å²) in [6, 6.07) is 20.2. The number of carbonyl (C=O) groups excluding carboxylic acids is 2. The van der Waals surface area contributed by atoms with E-state index in [-0.39, 0.29) is 23.8 Å². The van der Waals surface area contributed by atoms with Crippen molar-refractivity contribution in [2.75, 3.05) is 7.11 Å². The summed E-state index contributed by atoms with van der Waals surface area (Å²) in [6.45, 7) is 2.66. The summed E-state index contributed by atoms with van der Waals surface area (Å²) in [5, 5.41) is 5.38. The number of pyridine rings is 1. The highest BCUT2D eigenvalue weighted by Gasteiger charge is 2.30. The predicted octanol–water partition coefficient (Wildman–Crippen LogP) is 5.34. The third-order valence-electron chi connectivity index (χ3n) is 7.39. The van der Waals surface area contributed by atoms with E-state index in [1.165, 1.54) is 7.11 Å². The normalized spacial score (nSPS) is 18.9. The van der Waals surface area contributed by atoms with E-state index >= 15 is 0 Å². The number of hydrogen-bond donors (Lipinski definition) is 1. The number of rotatable bonds is 6. The molecule has 1 N–H and O–H groups in total. The smallest absolute Gasteiger partial charge is 0.308 e. The Balaban J connectivity index is 1.33. The van der Waals surface area contributed by atoms with E-state index in [1.807, 2.05) is 54.7 Å². The fourth-order valence-electron chi connectivity index (χ4n) is 5.37. The van der Waals surface area contributed by atoms with Gasteiger partial charge in [-0.2, -0.15) is 0 Å². The van der Waals surface area contributed by atoms with Gasteiger partial charge in [0.05, 0.1) is 41.9 Å². The molecule has 2 heterocycles. The maximum atomic E-state index is 13.4. The first-order chi connectivity index (χ1) is 17.0. The van der Waals surface area contributed by atoms with Gasteiger partial charge in [-0.25, -0.2) is 0 Å². The molecular formula is C29H31N3O3. The molecule has 2 aromatic heterocycles. The molecular weight excluding hydrogens is 438 g/mol. The van der Waals surface area contributed by atoms with Crippen molar-refractivity contribution >= 4 is 33.7 Å². The van der Waals surface area contributed by atoms with Crippen LogP contribution in [0.2, 0.25) is 0 Å². The molecule has 0 saturated heterocycles. The average molecular weight is 470 g/mol. The summed E-state index contributed by atoms with van der Waals surface area (Å²) < 4.78 is 7.01. The fourth-order valence-corrected chi connectivity index (χ4v) is 5.37. The lowest BCUT2D eigenvalue weighted by Gasteiger charge is -2.31. The van der Waals surface area contributed by atoms with Gasteiger partial charge in [-0.05, 0) is 62.8 Å². The molecule has 0 bridgehead atoms. The molecule has 1 aliphatic carbocycles. The van der Waals surface area contributed by atoms with E-state index in [0.717, 1.165) is 53.2 Å². The summed E-state index contributed by atoms with van der Waals surface area (Å²) in [5.41, 5.74) is 3.51. The summed E-state index contributed by atoms with van der Waals surface area (Å²) in [5.74, 6) is 0.158. The van der Waals surface area contributed by atoms with E-state index in [2.05, 4.69) is 28.9 Å². The molecule has 180 valence electrons. The van der Waals surface area contributed by atoms with Crippen LogP contribution in [0.4, 0.5) is 0 Å². The second-order valence-corrected chi connectivity index (χ2v) is 9.58. The van der Waals surface area contributed by atoms with Gasteiger partial charge < -0.3 is 14.6 Å². The third kappa shape index (κ3) is 4.78. The Morgan fingerprint density at radius 3 is 2.57 bits per heavy atom. The SMILES string of the molecule is COC(=O)C1CCC(C(C)NC(=O)c2cccc3ccn(Cc4ccc5ccccc5n4)c23)CC1. The van der Waals surface area contributed by atoms with Crippen molar-refractivity contribution in [3.8, 4) is 0 Å². The standard InChI is InChI=1S/C29H31N3O3/c1-19(20-10-12-23(13-11-20)29(34)35-2)30-28(33)25-8-5-7-22-16-17-32(27(22)25)18-24-15-14-21-6-3-4-9-26(21)31-24/h3-9,14-17,19-20,23H,10-13,18H2,1-2H3,(H,30,33). The summed E-state index contributed by atoms with van der Waals surface area (Å²) >= 11 is 0. The lowest BCUT2D eigenvalue weighted by atomic mass is 9.79. The van der Waals surface area contributed by atoms with Gasteiger partial charge in [0, 0.05) is 23.0 Å². The fraction of sp³-hybridized carbons (Fsp3) is 0.345. The van der Waals surface area contributed by atoms with Crippen LogP contribution in [-0.2, 0) is 16.1 Å². The molecule has 1 saturated carbocycles. The van der Waals surface area contributed by atoms with E-state index in [1.54, 1.807) is 0 Å². The number of carbonyl (C=O) groups is 2. The number of fused-ring (bicyclic) bond motifs is 2. The molecule has 5 rings (SSSR count). The second kappa shape index (κ2) is 9.90. The number of methoxy groups -OCH3 is 1. The number of benzene rings is 2. The molecule has 6 heteroatoms. The zero-order chi connectivity index (χ0) is 24.4. The Hall–Kier alpha value is -3.67. The monoisotopic (exact) mass is 469 g/mol. The first-order valence-electron chi connectivity index (χ1n) is 12.3. The van der Waals surface area contributed by atoms with Crippen LogP contribution in [0.3, 0.4) is 0 Å². The molecule has 1 fully saturated rings. The van der Waals surface area contributed by atoms with Crippen LogP contribution < -0.4 is 5.32 Å². The van der Waals surface area contributed by atoms with Gasteiger partial charge in [0.25, 0.3) is 5.91 Å². The minimum atomic E-state index is -0.117. The number of ether oxygens (including phenoxy) is 1. The van der Waals surface area contributed by atoms with Crippen LogP contribution in [0.1, 0.15) is 48.7 Å². The maximum Gasteiger partial charge on any atom is 0.308 e. The number of aromatic nitrogens is 2. The van der Waals surface area contributed by atoms with Crippen LogP contribution >= 0.6 is 0 Å². The van der Waals surface area contributed by atoms with Gasteiger partial charge in [0.1, 0.15) is 0 Å². The first-order valence-corrected chi connectivity index (χ1v) is 12.3. The number of nitrogens with one attached hydrogen (secondary N) is 1. The molecule has 4 aromatic rings. The summed E-state index contributed by atoms with van der Waals surface area (Å²) in [6.07, 6.45) is 5.48. The highest BCUT2D eigenvalue weighted by molar-refractivity contribution is 6.06. The summed E-state index contributed by atoms with van der Waals surface area (Å²) in [7, 11) is 1.45. The molecule has 0 spiro atoms. The number of esters is 1. The van der Waals surface area contributed by atoms with Crippen LogP contribution in [0, 0.1) is 11.8 Å². The molecule has 1 amide bonds. The minimum absolute atomic E-state index is 0.0140. The third-order valence-corrected chi connectivity index (χ3v) is 7.39. The van der Waals surface area contributed by atoms with Crippen molar-refractivity contribution < 1.29 is 14.3 Å². The van der Waals surface area contributed by atoms with Gasteiger partial charge in [-0.3, -0.25) is 14.6 Å². The zero-order valence-corrected chi connectivity index (χ0v) is 20.2. The zero-order valence-electron chi connectivity index (χ0n) is 20.2. The molecule has 1 unspecified atom stereocenters.